The van der Waals surface area contributed by atoms with Crippen LogP contribution in [0, 0.1) is 0 Å². The molecule has 0 aliphatic rings. The molecule has 0 saturated carbocycles. The zero-order valence-electron chi connectivity index (χ0n) is 7.80. The Morgan fingerprint density at radius 1 is 1.71 bits per heavy atom. The highest BCUT2D eigenvalue weighted by Gasteiger charge is 2.02. The number of nitrogens with zero attached hydrogens (tertiary/aromatic N) is 1. The van der Waals surface area contributed by atoms with E-state index in [0.29, 0.717) is 18.0 Å². The maximum Gasteiger partial charge on any atom is 0.140 e. The summed E-state index contributed by atoms with van der Waals surface area (Å²) in [5.74, 6) is 0.745. The molecule has 0 saturated heterocycles. The molecule has 78 valence electrons. The minimum Gasteiger partial charge on any atom is -0.393 e. The van der Waals surface area contributed by atoms with Crippen LogP contribution < -0.4 is 5.32 Å². The molecule has 1 unspecified atom stereocenters. The molecular formula is C9H12BrClN2O. The van der Waals surface area contributed by atoms with Gasteiger partial charge in [-0.05, 0) is 35.3 Å². The van der Waals surface area contributed by atoms with Crippen molar-refractivity contribution in [3.05, 3.63) is 21.8 Å². The number of hydrogen-bond acceptors (Lipinski definition) is 3. The van der Waals surface area contributed by atoms with Crippen LogP contribution in [0.5, 0.6) is 0 Å². The molecule has 0 bridgehead atoms. The average molecular weight is 280 g/mol. The van der Waals surface area contributed by atoms with Gasteiger partial charge in [0, 0.05) is 12.7 Å². The number of anilines is 1. The predicted molar refractivity (Wildman–Crippen MR) is 61.7 cm³/mol. The van der Waals surface area contributed by atoms with Crippen LogP contribution >= 0.6 is 27.5 Å². The smallest absolute Gasteiger partial charge is 0.140 e. The van der Waals surface area contributed by atoms with Gasteiger partial charge in [0.15, 0.2) is 0 Å². The highest BCUT2D eigenvalue weighted by Crippen LogP contribution is 2.22. The number of halogens is 2. The number of hydrogen-bond donors (Lipinski definition) is 2. The van der Waals surface area contributed by atoms with Crippen molar-refractivity contribution in [1.82, 2.24) is 4.98 Å². The Balaban J connectivity index is 2.51. The number of aliphatic hydroxyl groups is 1. The molecule has 0 aromatic carbocycles. The largest absolute Gasteiger partial charge is 0.393 e. The first kappa shape index (κ1) is 11.8. The third-order valence-electron chi connectivity index (χ3n) is 1.66. The van der Waals surface area contributed by atoms with Gasteiger partial charge < -0.3 is 10.4 Å². The molecule has 14 heavy (non-hydrogen) atoms. The van der Waals surface area contributed by atoms with E-state index in [1.54, 1.807) is 19.2 Å². The lowest BCUT2D eigenvalue weighted by Crippen LogP contribution is -2.10. The monoisotopic (exact) mass is 278 g/mol. The van der Waals surface area contributed by atoms with E-state index in [1.807, 2.05) is 0 Å². The first-order valence-corrected chi connectivity index (χ1v) is 5.49. The van der Waals surface area contributed by atoms with Gasteiger partial charge in [0.1, 0.15) is 5.82 Å². The fourth-order valence-corrected chi connectivity index (χ4v) is 1.72. The van der Waals surface area contributed by atoms with Gasteiger partial charge in [-0.15, -0.1) is 0 Å². The first-order chi connectivity index (χ1) is 6.59. The lowest BCUT2D eigenvalue weighted by molar-refractivity contribution is 0.188. The standard InChI is InChI=1S/C9H12BrClN2O/c1-6(14)2-3-12-9-8(10)4-7(11)5-13-9/h4-6,14H,2-3H2,1H3,(H,12,13). The zero-order chi connectivity index (χ0) is 10.6. The van der Waals surface area contributed by atoms with Crippen molar-refractivity contribution in [3.63, 3.8) is 0 Å². The van der Waals surface area contributed by atoms with Crippen molar-refractivity contribution in [2.24, 2.45) is 0 Å². The lowest BCUT2D eigenvalue weighted by Gasteiger charge is -2.08. The van der Waals surface area contributed by atoms with Crippen LogP contribution in [0.15, 0.2) is 16.7 Å². The maximum absolute atomic E-state index is 9.05. The van der Waals surface area contributed by atoms with Crippen molar-refractivity contribution in [2.45, 2.75) is 19.4 Å². The average Bonchev–Trinajstić information content (AvgIpc) is 2.08. The maximum atomic E-state index is 9.05. The van der Waals surface area contributed by atoms with E-state index in [9.17, 15) is 0 Å². The second-order valence-corrected chi connectivity index (χ2v) is 4.34. The Labute approximate surface area is 96.6 Å². The van der Waals surface area contributed by atoms with Gasteiger partial charge in [-0.3, -0.25) is 0 Å². The molecule has 1 aromatic rings. The van der Waals surface area contributed by atoms with E-state index in [-0.39, 0.29) is 6.10 Å². The second kappa shape index (κ2) is 5.53. The highest BCUT2D eigenvalue weighted by atomic mass is 79.9. The minimum absolute atomic E-state index is 0.298. The van der Waals surface area contributed by atoms with Crippen LogP contribution in [0.3, 0.4) is 0 Å². The van der Waals surface area contributed by atoms with E-state index in [2.05, 4.69) is 26.2 Å². The van der Waals surface area contributed by atoms with Gasteiger partial charge >= 0.3 is 0 Å². The molecule has 3 nitrogen and oxygen atoms in total. The Kier molecular flexibility index (Phi) is 4.65. The number of aromatic nitrogens is 1. The lowest BCUT2D eigenvalue weighted by atomic mass is 10.3. The molecule has 0 spiro atoms. The third-order valence-corrected chi connectivity index (χ3v) is 2.47. The fourth-order valence-electron chi connectivity index (χ4n) is 0.944. The summed E-state index contributed by atoms with van der Waals surface area (Å²) in [7, 11) is 0. The Morgan fingerprint density at radius 3 is 3.00 bits per heavy atom. The molecule has 0 radical (unpaired) electrons. The van der Waals surface area contributed by atoms with E-state index in [0.717, 1.165) is 10.3 Å². The summed E-state index contributed by atoms with van der Waals surface area (Å²) in [6, 6.07) is 1.78. The number of aliphatic hydroxyl groups excluding tert-OH is 1. The summed E-state index contributed by atoms with van der Waals surface area (Å²) in [6.45, 7) is 2.44. The Hall–Kier alpha value is -0.320. The summed E-state index contributed by atoms with van der Waals surface area (Å²) in [6.07, 6.45) is 1.97. The molecule has 1 rings (SSSR count). The van der Waals surface area contributed by atoms with E-state index < -0.39 is 0 Å². The van der Waals surface area contributed by atoms with Gasteiger partial charge in [-0.1, -0.05) is 11.6 Å². The van der Waals surface area contributed by atoms with Crippen molar-refractivity contribution in [2.75, 3.05) is 11.9 Å². The van der Waals surface area contributed by atoms with Crippen LogP contribution in [0.4, 0.5) is 5.82 Å². The first-order valence-electron chi connectivity index (χ1n) is 4.32. The molecular weight excluding hydrogens is 267 g/mol. The molecule has 0 amide bonds. The van der Waals surface area contributed by atoms with E-state index in [1.165, 1.54) is 0 Å². The predicted octanol–water partition coefficient (Wildman–Crippen LogP) is 2.68. The van der Waals surface area contributed by atoms with Crippen LogP contribution in [0.1, 0.15) is 13.3 Å². The SMILES string of the molecule is CC(O)CCNc1ncc(Cl)cc1Br. The number of nitrogens with one attached hydrogen (secondary N) is 1. The summed E-state index contributed by atoms with van der Waals surface area (Å²) in [5, 5.41) is 12.7. The Bertz CT molecular complexity index is 307. The molecule has 0 aliphatic carbocycles. The van der Waals surface area contributed by atoms with Crippen LogP contribution in [0.2, 0.25) is 5.02 Å². The van der Waals surface area contributed by atoms with Crippen molar-refractivity contribution in [1.29, 1.82) is 0 Å². The van der Waals surface area contributed by atoms with Crippen LogP contribution in [-0.4, -0.2) is 22.7 Å². The summed E-state index contributed by atoms with van der Waals surface area (Å²) in [4.78, 5) is 4.10. The molecule has 2 N–H and O–H groups in total. The van der Waals surface area contributed by atoms with Gasteiger partial charge in [-0.2, -0.15) is 0 Å². The summed E-state index contributed by atoms with van der Waals surface area (Å²) in [5.41, 5.74) is 0. The van der Waals surface area contributed by atoms with Gasteiger partial charge in [0.05, 0.1) is 15.6 Å². The van der Waals surface area contributed by atoms with Gasteiger partial charge in [0.2, 0.25) is 0 Å². The minimum atomic E-state index is -0.298. The van der Waals surface area contributed by atoms with Crippen molar-refractivity contribution >= 4 is 33.3 Å². The number of rotatable bonds is 4. The summed E-state index contributed by atoms with van der Waals surface area (Å²) >= 11 is 9.08. The normalized spacial score (nSPS) is 12.6. The van der Waals surface area contributed by atoms with Crippen LogP contribution in [-0.2, 0) is 0 Å². The van der Waals surface area contributed by atoms with Crippen molar-refractivity contribution < 1.29 is 5.11 Å². The van der Waals surface area contributed by atoms with E-state index in [4.69, 9.17) is 16.7 Å². The fraction of sp³-hybridized carbons (Fsp3) is 0.444. The quantitative estimate of drug-likeness (QED) is 0.891. The molecule has 0 aliphatic heterocycles. The zero-order valence-corrected chi connectivity index (χ0v) is 10.1. The number of pyridine rings is 1. The highest BCUT2D eigenvalue weighted by molar-refractivity contribution is 9.10. The second-order valence-electron chi connectivity index (χ2n) is 3.05. The molecule has 1 heterocycles. The molecule has 1 aromatic heterocycles. The molecule has 0 fully saturated rings. The topological polar surface area (TPSA) is 45.1 Å². The van der Waals surface area contributed by atoms with Crippen LogP contribution in [0.25, 0.3) is 0 Å². The molecule has 1 atom stereocenters. The summed E-state index contributed by atoms with van der Waals surface area (Å²) < 4.78 is 0.829. The Morgan fingerprint density at radius 2 is 2.43 bits per heavy atom. The third kappa shape index (κ3) is 3.82. The molecule has 5 heteroatoms. The van der Waals surface area contributed by atoms with Crippen molar-refractivity contribution in [3.8, 4) is 0 Å². The van der Waals surface area contributed by atoms with E-state index >= 15 is 0 Å². The van der Waals surface area contributed by atoms with Gasteiger partial charge in [-0.25, -0.2) is 4.98 Å². The van der Waals surface area contributed by atoms with Gasteiger partial charge in [0.25, 0.3) is 0 Å².